The van der Waals surface area contributed by atoms with Gasteiger partial charge in [-0.1, -0.05) is 42.0 Å². The second-order valence-corrected chi connectivity index (χ2v) is 7.95. The lowest BCUT2D eigenvalue weighted by molar-refractivity contribution is 0.102. The zero-order chi connectivity index (χ0) is 21.6. The summed E-state index contributed by atoms with van der Waals surface area (Å²) >= 11 is 0. The van der Waals surface area contributed by atoms with Crippen LogP contribution in [-0.4, -0.2) is 44.1 Å². The summed E-state index contributed by atoms with van der Waals surface area (Å²) in [6.07, 6.45) is 0. The first-order valence-corrected chi connectivity index (χ1v) is 10.7. The fraction of sp³-hybridized carbons (Fsp3) is 0.269. The molecule has 0 unspecified atom stereocenters. The number of rotatable bonds is 6. The Labute approximate surface area is 184 Å². The summed E-state index contributed by atoms with van der Waals surface area (Å²) in [6.45, 7) is 6.85. The third kappa shape index (κ3) is 5.25. The smallest absolute Gasteiger partial charge is 0.255 e. The van der Waals surface area contributed by atoms with E-state index in [-0.39, 0.29) is 5.91 Å². The van der Waals surface area contributed by atoms with Gasteiger partial charge in [0.2, 0.25) is 0 Å². The first kappa shape index (κ1) is 20.9. The largest absolute Gasteiger partial charge is 0.495 e. The second kappa shape index (κ2) is 9.67. The van der Waals surface area contributed by atoms with Crippen molar-refractivity contribution in [2.45, 2.75) is 13.5 Å². The van der Waals surface area contributed by atoms with Crippen molar-refractivity contribution in [3.05, 3.63) is 89.5 Å². The van der Waals surface area contributed by atoms with Gasteiger partial charge < -0.3 is 15.0 Å². The molecule has 0 saturated carbocycles. The van der Waals surface area contributed by atoms with Crippen molar-refractivity contribution in [3.63, 3.8) is 0 Å². The van der Waals surface area contributed by atoms with Gasteiger partial charge in [0.05, 0.1) is 12.8 Å². The molecule has 0 spiro atoms. The maximum absolute atomic E-state index is 12.5. The van der Waals surface area contributed by atoms with E-state index in [0.717, 1.165) is 49.8 Å². The van der Waals surface area contributed by atoms with Gasteiger partial charge in [0.1, 0.15) is 5.75 Å². The lowest BCUT2D eigenvalue weighted by Gasteiger charge is -2.36. The Kier molecular flexibility index (Phi) is 6.53. The van der Waals surface area contributed by atoms with Crippen LogP contribution in [0.25, 0.3) is 0 Å². The number of methoxy groups -OCH3 is 1. The van der Waals surface area contributed by atoms with Crippen molar-refractivity contribution in [2.75, 3.05) is 43.5 Å². The zero-order valence-corrected chi connectivity index (χ0v) is 18.2. The fourth-order valence-corrected chi connectivity index (χ4v) is 3.90. The predicted molar refractivity (Wildman–Crippen MR) is 126 cm³/mol. The molecule has 0 aliphatic carbocycles. The quantitative estimate of drug-likeness (QED) is 0.640. The molecule has 5 nitrogen and oxygen atoms in total. The number of carbonyl (C=O) groups is 1. The van der Waals surface area contributed by atoms with Gasteiger partial charge in [-0.2, -0.15) is 0 Å². The molecule has 0 aromatic heterocycles. The highest BCUT2D eigenvalue weighted by Gasteiger charge is 2.19. The van der Waals surface area contributed by atoms with Gasteiger partial charge in [0, 0.05) is 44.0 Å². The summed E-state index contributed by atoms with van der Waals surface area (Å²) in [5.41, 5.74) is 5.04. The molecule has 1 saturated heterocycles. The van der Waals surface area contributed by atoms with Gasteiger partial charge in [-0.15, -0.1) is 0 Å². The number of hydrogen-bond donors (Lipinski definition) is 1. The fourth-order valence-electron chi connectivity index (χ4n) is 3.90. The minimum atomic E-state index is -0.0826. The average Bonchev–Trinajstić information content (AvgIpc) is 2.81. The van der Waals surface area contributed by atoms with Gasteiger partial charge in [0.15, 0.2) is 0 Å². The number of amides is 1. The number of anilines is 2. The molecule has 3 aromatic rings. The van der Waals surface area contributed by atoms with E-state index in [1.807, 2.05) is 55.5 Å². The number of nitrogens with one attached hydrogen (secondary N) is 1. The van der Waals surface area contributed by atoms with Crippen LogP contribution in [0.15, 0.2) is 72.8 Å². The molecule has 0 bridgehead atoms. The minimum Gasteiger partial charge on any atom is -0.495 e. The molecule has 1 aliphatic rings. The SMILES string of the molecule is COc1ccccc1N1CCN(Cc2ccc(C(=O)Nc3ccc(C)cc3)cc2)CC1. The first-order valence-electron chi connectivity index (χ1n) is 10.7. The van der Waals surface area contributed by atoms with Gasteiger partial charge >= 0.3 is 0 Å². The first-order chi connectivity index (χ1) is 15.1. The van der Waals surface area contributed by atoms with Crippen molar-refractivity contribution < 1.29 is 9.53 Å². The average molecular weight is 416 g/mol. The molecule has 0 atom stereocenters. The Balaban J connectivity index is 1.30. The van der Waals surface area contributed by atoms with E-state index in [0.29, 0.717) is 5.56 Å². The van der Waals surface area contributed by atoms with Gasteiger partial charge in [-0.25, -0.2) is 0 Å². The topological polar surface area (TPSA) is 44.8 Å². The summed E-state index contributed by atoms with van der Waals surface area (Å²) < 4.78 is 5.51. The molecule has 1 heterocycles. The standard InChI is InChI=1S/C26H29N3O2/c1-20-7-13-23(14-8-20)27-26(30)22-11-9-21(10-12-22)19-28-15-17-29(18-16-28)24-5-3-4-6-25(24)31-2/h3-14H,15-19H2,1-2H3,(H,27,30). The third-order valence-electron chi connectivity index (χ3n) is 5.73. The Hall–Kier alpha value is -3.31. The number of piperazine rings is 1. The number of nitrogens with zero attached hydrogens (tertiary/aromatic N) is 2. The number of ether oxygens (including phenoxy) is 1. The van der Waals surface area contributed by atoms with E-state index in [1.54, 1.807) is 7.11 Å². The van der Waals surface area contributed by atoms with Crippen LogP contribution in [0.4, 0.5) is 11.4 Å². The van der Waals surface area contributed by atoms with E-state index in [1.165, 1.54) is 11.1 Å². The molecular weight excluding hydrogens is 386 g/mol. The lowest BCUT2D eigenvalue weighted by atomic mass is 10.1. The maximum atomic E-state index is 12.5. The van der Waals surface area contributed by atoms with Gasteiger partial charge in [-0.05, 0) is 48.9 Å². The number of hydrogen-bond acceptors (Lipinski definition) is 4. The van der Waals surface area contributed by atoms with E-state index in [2.05, 4.69) is 39.4 Å². The lowest BCUT2D eigenvalue weighted by Crippen LogP contribution is -2.46. The van der Waals surface area contributed by atoms with Crippen molar-refractivity contribution in [1.29, 1.82) is 0 Å². The summed E-state index contributed by atoms with van der Waals surface area (Å²) in [5, 5.41) is 2.95. The molecule has 1 fully saturated rings. The molecule has 5 heteroatoms. The van der Waals surface area contributed by atoms with Crippen LogP contribution in [0.1, 0.15) is 21.5 Å². The van der Waals surface area contributed by atoms with E-state index in [4.69, 9.17) is 4.74 Å². The van der Waals surface area contributed by atoms with Crippen LogP contribution in [0.5, 0.6) is 5.75 Å². The van der Waals surface area contributed by atoms with E-state index in [9.17, 15) is 4.79 Å². The number of para-hydroxylation sites is 2. The van der Waals surface area contributed by atoms with Crippen LogP contribution in [0.2, 0.25) is 0 Å². The van der Waals surface area contributed by atoms with Crippen molar-refractivity contribution in [1.82, 2.24) is 4.90 Å². The molecule has 160 valence electrons. The highest BCUT2D eigenvalue weighted by molar-refractivity contribution is 6.04. The minimum absolute atomic E-state index is 0.0826. The molecule has 4 rings (SSSR count). The van der Waals surface area contributed by atoms with Gasteiger partial charge in [0.25, 0.3) is 5.91 Å². The number of carbonyl (C=O) groups excluding carboxylic acids is 1. The molecule has 1 aliphatic heterocycles. The van der Waals surface area contributed by atoms with Crippen LogP contribution in [0, 0.1) is 6.92 Å². The summed E-state index contributed by atoms with van der Waals surface area (Å²) in [7, 11) is 1.72. The van der Waals surface area contributed by atoms with Crippen LogP contribution < -0.4 is 15.0 Å². The Morgan fingerprint density at radius 3 is 2.26 bits per heavy atom. The highest BCUT2D eigenvalue weighted by Crippen LogP contribution is 2.28. The summed E-state index contributed by atoms with van der Waals surface area (Å²) in [4.78, 5) is 17.3. The van der Waals surface area contributed by atoms with Crippen LogP contribution in [0.3, 0.4) is 0 Å². The van der Waals surface area contributed by atoms with Crippen molar-refractivity contribution in [3.8, 4) is 5.75 Å². The van der Waals surface area contributed by atoms with Gasteiger partial charge in [-0.3, -0.25) is 9.69 Å². The monoisotopic (exact) mass is 415 g/mol. The third-order valence-corrected chi connectivity index (χ3v) is 5.73. The predicted octanol–water partition coefficient (Wildman–Crippen LogP) is 4.58. The maximum Gasteiger partial charge on any atom is 0.255 e. The Morgan fingerprint density at radius 2 is 1.58 bits per heavy atom. The number of aryl methyl sites for hydroxylation is 1. The molecule has 1 amide bonds. The Morgan fingerprint density at radius 1 is 0.903 bits per heavy atom. The highest BCUT2D eigenvalue weighted by atomic mass is 16.5. The molecular formula is C26H29N3O2. The molecule has 0 radical (unpaired) electrons. The Bertz CT molecular complexity index is 1010. The van der Waals surface area contributed by atoms with Crippen LogP contribution >= 0.6 is 0 Å². The summed E-state index contributed by atoms with van der Waals surface area (Å²) in [5.74, 6) is 0.844. The number of benzene rings is 3. The van der Waals surface area contributed by atoms with E-state index < -0.39 is 0 Å². The van der Waals surface area contributed by atoms with Crippen molar-refractivity contribution in [2.24, 2.45) is 0 Å². The van der Waals surface area contributed by atoms with E-state index >= 15 is 0 Å². The molecule has 1 N–H and O–H groups in total. The molecule has 31 heavy (non-hydrogen) atoms. The van der Waals surface area contributed by atoms with Crippen LogP contribution in [-0.2, 0) is 6.54 Å². The summed E-state index contributed by atoms with van der Waals surface area (Å²) in [6, 6.07) is 23.9. The zero-order valence-electron chi connectivity index (χ0n) is 18.2. The normalized spacial score (nSPS) is 14.3. The second-order valence-electron chi connectivity index (χ2n) is 7.95. The van der Waals surface area contributed by atoms with Crippen molar-refractivity contribution >= 4 is 17.3 Å². The molecule has 3 aromatic carbocycles.